The molecule has 4 nitrogen and oxygen atoms in total. The Bertz CT molecular complexity index is 709. The molecule has 4 heteroatoms. The van der Waals surface area contributed by atoms with Crippen molar-refractivity contribution in [3.05, 3.63) is 59.2 Å². The maximum absolute atomic E-state index is 9.76. The molecule has 0 aliphatic carbocycles. The highest BCUT2D eigenvalue weighted by Gasteiger charge is 2.14. The quantitative estimate of drug-likeness (QED) is 0.922. The smallest absolute Gasteiger partial charge is 0.150 e. The van der Waals surface area contributed by atoms with Gasteiger partial charge in [-0.2, -0.15) is 10.5 Å². The van der Waals surface area contributed by atoms with Gasteiger partial charge in [-0.15, -0.1) is 0 Å². The minimum absolute atomic E-state index is 0.320. The molecule has 1 N–H and O–H groups in total. The molecule has 1 unspecified atom stereocenters. The Morgan fingerprint density at radius 1 is 1.10 bits per heavy atom. The molecule has 0 aliphatic heterocycles. The van der Waals surface area contributed by atoms with Crippen LogP contribution in [0.25, 0.3) is 0 Å². The molecule has 98 valence electrons. The summed E-state index contributed by atoms with van der Waals surface area (Å²) in [6, 6.07) is 15.7. The fourth-order valence-corrected chi connectivity index (χ4v) is 1.83. The first-order valence-electron chi connectivity index (χ1n) is 6.05. The van der Waals surface area contributed by atoms with Gasteiger partial charge in [0.05, 0.1) is 23.3 Å². The van der Waals surface area contributed by atoms with Crippen LogP contribution in [0.3, 0.4) is 0 Å². The highest BCUT2D eigenvalue weighted by Crippen LogP contribution is 2.33. The number of hydrogen-bond acceptors (Lipinski definition) is 4. The van der Waals surface area contributed by atoms with Gasteiger partial charge in [-0.1, -0.05) is 18.2 Å². The van der Waals surface area contributed by atoms with E-state index in [1.54, 1.807) is 49.4 Å². The third-order valence-corrected chi connectivity index (χ3v) is 2.80. The van der Waals surface area contributed by atoms with Crippen LogP contribution in [0.2, 0.25) is 0 Å². The second-order valence-corrected chi connectivity index (χ2v) is 4.25. The van der Waals surface area contributed by atoms with Crippen LogP contribution < -0.4 is 4.74 Å². The fourth-order valence-electron chi connectivity index (χ4n) is 1.83. The molecule has 0 aliphatic rings. The number of benzene rings is 2. The molecule has 0 amide bonds. The summed E-state index contributed by atoms with van der Waals surface area (Å²) >= 11 is 0. The third-order valence-electron chi connectivity index (χ3n) is 2.80. The average molecular weight is 264 g/mol. The van der Waals surface area contributed by atoms with Crippen molar-refractivity contribution in [2.24, 2.45) is 0 Å². The van der Waals surface area contributed by atoms with Gasteiger partial charge < -0.3 is 9.84 Å². The average Bonchev–Trinajstić information content (AvgIpc) is 2.47. The van der Waals surface area contributed by atoms with E-state index in [4.69, 9.17) is 15.3 Å². The summed E-state index contributed by atoms with van der Waals surface area (Å²) in [4.78, 5) is 0. The Labute approximate surface area is 117 Å². The van der Waals surface area contributed by atoms with Gasteiger partial charge >= 0.3 is 0 Å². The summed E-state index contributed by atoms with van der Waals surface area (Å²) in [5.74, 6) is 0.772. The summed E-state index contributed by atoms with van der Waals surface area (Å²) in [6.07, 6.45) is -0.752. The summed E-state index contributed by atoms with van der Waals surface area (Å²) in [5.41, 5.74) is 1.34. The predicted molar refractivity (Wildman–Crippen MR) is 73.0 cm³/mol. The molecule has 2 aromatic rings. The zero-order valence-corrected chi connectivity index (χ0v) is 10.9. The lowest BCUT2D eigenvalue weighted by molar-refractivity contribution is 0.195. The van der Waals surface area contributed by atoms with Crippen molar-refractivity contribution in [2.45, 2.75) is 13.0 Å². The summed E-state index contributed by atoms with van der Waals surface area (Å²) in [7, 11) is 0. The Hall–Kier alpha value is -2.82. The summed E-state index contributed by atoms with van der Waals surface area (Å²) in [6.45, 7) is 1.61. The normalized spacial score (nSPS) is 11.2. The number of nitriles is 2. The number of aliphatic hydroxyl groups excluding tert-OH is 1. The lowest BCUT2D eigenvalue weighted by Crippen LogP contribution is -1.98. The van der Waals surface area contributed by atoms with Crippen molar-refractivity contribution in [2.75, 3.05) is 0 Å². The molecule has 1 atom stereocenters. The largest absolute Gasteiger partial charge is 0.456 e. The van der Waals surface area contributed by atoms with E-state index in [0.717, 1.165) is 0 Å². The molecule has 0 saturated carbocycles. The Morgan fingerprint density at radius 3 is 2.50 bits per heavy atom. The molecule has 0 spiro atoms. The zero-order chi connectivity index (χ0) is 14.5. The Morgan fingerprint density at radius 2 is 1.85 bits per heavy atom. The highest BCUT2D eigenvalue weighted by molar-refractivity contribution is 5.51. The first-order chi connectivity index (χ1) is 9.65. The molecule has 0 saturated heterocycles. The molecule has 0 aromatic heterocycles. The molecular weight excluding hydrogens is 252 g/mol. The van der Waals surface area contributed by atoms with E-state index in [2.05, 4.69) is 0 Å². The van der Waals surface area contributed by atoms with E-state index in [0.29, 0.717) is 28.2 Å². The van der Waals surface area contributed by atoms with Crippen molar-refractivity contribution in [3.63, 3.8) is 0 Å². The molecule has 0 fully saturated rings. The van der Waals surface area contributed by atoms with E-state index < -0.39 is 6.10 Å². The number of hydrogen-bond donors (Lipinski definition) is 1. The van der Waals surface area contributed by atoms with Crippen LogP contribution in [-0.2, 0) is 0 Å². The van der Waals surface area contributed by atoms with E-state index in [-0.39, 0.29) is 0 Å². The van der Waals surface area contributed by atoms with Gasteiger partial charge in [0.15, 0.2) is 5.75 Å². The van der Waals surface area contributed by atoms with Crippen molar-refractivity contribution >= 4 is 0 Å². The summed E-state index contributed by atoms with van der Waals surface area (Å²) < 4.78 is 5.70. The van der Waals surface area contributed by atoms with Gasteiger partial charge in [0.1, 0.15) is 11.8 Å². The maximum Gasteiger partial charge on any atom is 0.150 e. The van der Waals surface area contributed by atoms with Crippen LogP contribution in [0.5, 0.6) is 11.5 Å². The van der Waals surface area contributed by atoms with Crippen molar-refractivity contribution in [1.29, 1.82) is 10.5 Å². The number of para-hydroxylation sites is 1. The monoisotopic (exact) mass is 264 g/mol. The second kappa shape index (κ2) is 5.88. The minimum atomic E-state index is -0.752. The SMILES string of the molecule is CC(O)c1cccc(C#N)c1Oc1cccc(C#N)c1. The summed E-state index contributed by atoms with van der Waals surface area (Å²) in [5, 5.41) is 27.8. The molecule has 2 rings (SSSR count). The van der Waals surface area contributed by atoms with Crippen molar-refractivity contribution in [1.82, 2.24) is 0 Å². The standard InChI is InChI=1S/C16H12N2O2/c1-11(19)15-7-3-5-13(10-18)16(15)20-14-6-2-4-12(8-14)9-17/h2-8,11,19H,1H3. The van der Waals surface area contributed by atoms with E-state index in [1.807, 2.05) is 12.1 Å². The molecule has 20 heavy (non-hydrogen) atoms. The maximum atomic E-state index is 9.76. The van der Waals surface area contributed by atoms with Crippen LogP contribution in [0.15, 0.2) is 42.5 Å². The van der Waals surface area contributed by atoms with Crippen LogP contribution in [0.4, 0.5) is 0 Å². The first kappa shape index (κ1) is 13.6. The Kier molecular flexibility index (Phi) is 4.00. The van der Waals surface area contributed by atoms with Crippen LogP contribution in [0, 0.1) is 22.7 Å². The lowest BCUT2D eigenvalue weighted by atomic mass is 10.1. The van der Waals surface area contributed by atoms with Gasteiger partial charge in [0.25, 0.3) is 0 Å². The minimum Gasteiger partial charge on any atom is -0.456 e. The van der Waals surface area contributed by atoms with E-state index >= 15 is 0 Å². The Balaban J connectivity index is 2.47. The van der Waals surface area contributed by atoms with E-state index in [1.165, 1.54) is 0 Å². The van der Waals surface area contributed by atoms with E-state index in [9.17, 15) is 5.11 Å². The van der Waals surface area contributed by atoms with Gasteiger partial charge in [0, 0.05) is 5.56 Å². The van der Waals surface area contributed by atoms with Crippen molar-refractivity contribution < 1.29 is 9.84 Å². The first-order valence-corrected chi connectivity index (χ1v) is 6.05. The van der Waals surface area contributed by atoms with Gasteiger partial charge in [-0.3, -0.25) is 0 Å². The molecule has 0 radical (unpaired) electrons. The molecular formula is C16H12N2O2. The second-order valence-electron chi connectivity index (χ2n) is 4.25. The lowest BCUT2D eigenvalue weighted by Gasteiger charge is -2.14. The molecule has 2 aromatic carbocycles. The third kappa shape index (κ3) is 2.77. The van der Waals surface area contributed by atoms with Crippen LogP contribution in [-0.4, -0.2) is 5.11 Å². The van der Waals surface area contributed by atoms with Crippen LogP contribution >= 0.6 is 0 Å². The predicted octanol–water partition coefficient (Wildman–Crippen LogP) is 3.28. The highest BCUT2D eigenvalue weighted by atomic mass is 16.5. The van der Waals surface area contributed by atoms with Crippen molar-refractivity contribution in [3.8, 4) is 23.6 Å². The number of ether oxygens (including phenoxy) is 1. The van der Waals surface area contributed by atoms with Crippen LogP contribution in [0.1, 0.15) is 29.7 Å². The number of aliphatic hydroxyl groups is 1. The zero-order valence-electron chi connectivity index (χ0n) is 10.9. The topological polar surface area (TPSA) is 77.0 Å². The molecule has 0 heterocycles. The number of rotatable bonds is 3. The van der Waals surface area contributed by atoms with Gasteiger partial charge in [0.2, 0.25) is 0 Å². The van der Waals surface area contributed by atoms with Gasteiger partial charge in [-0.05, 0) is 31.2 Å². The number of nitrogens with zero attached hydrogens (tertiary/aromatic N) is 2. The fraction of sp³-hybridized carbons (Fsp3) is 0.125. The molecule has 0 bridgehead atoms. The van der Waals surface area contributed by atoms with Gasteiger partial charge in [-0.25, -0.2) is 0 Å².